The van der Waals surface area contributed by atoms with Crippen molar-refractivity contribution in [3.63, 3.8) is 0 Å². The summed E-state index contributed by atoms with van der Waals surface area (Å²) in [5, 5.41) is 5.26. The van der Waals surface area contributed by atoms with Crippen LogP contribution in [0.15, 0.2) is 48.5 Å². The molecule has 2 aromatic rings. The first-order chi connectivity index (χ1) is 17.2. The Labute approximate surface area is 211 Å². The summed E-state index contributed by atoms with van der Waals surface area (Å²) in [5.41, 5.74) is 10.3. The van der Waals surface area contributed by atoms with Crippen molar-refractivity contribution in [3.05, 3.63) is 65.2 Å². The molecule has 0 spiro atoms. The number of anilines is 1. The standard InChI is InChI=1S/C28H34N4O4/c1-18(2)27(28(29)36)31-25(34)14-15-30-24(33)12-13-26(35)32-17-21-9-5-4-8-20(21)16-19(3)22-10-6-7-11-23(22)32/h4-11,16,18,27H,12-15,17H2,1-3H3,(H2,29,36)(H,30,33)(H,31,34)/b19-16-. The number of carbonyl (C=O) groups is 4. The van der Waals surface area contributed by atoms with Gasteiger partial charge < -0.3 is 21.3 Å². The number of hydrogen-bond acceptors (Lipinski definition) is 4. The number of rotatable bonds is 9. The fraction of sp³-hybridized carbons (Fsp3) is 0.357. The zero-order valence-corrected chi connectivity index (χ0v) is 21.0. The maximum Gasteiger partial charge on any atom is 0.240 e. The first kappa shape index (κ1) is 26.7. The van der Waals surface area contributed by atoms with E-state index in [0.717, 1.165) is 28.0 Å². The van der Waals surface area contributed by atoms with Gasteiger partial charge in [-0.05, 0) is 35.6 Å². The van der Waals surface area contributed by atoms with Crippen molar-refractivity contribution in [2.75, 3.05) is 11.4 Å². The highest BCUT2D eigenvalue weighted by atomic mass is 16.2. The van der Waals surface area contributed by atoms with Gasteiger partial charge in [0.2, 0.25) is 23.6 Å². The second kappa shape index (κ2) is 12.2. The average molecular weight is 491 g/mol. The van der Waals surface area contributed by atoms with Crippen molar-refractivity contribution < 1.29 is 19.2 Å². The van der Waals surface area contributed by atoms with E-state index in [0.29, 0.717) is 6.54 Å². The molecule has 1 heterocycles. The van der Waals surface area contributed by atoms with E-state index in [4.69, 9.17) is 5.73 Å². The monoisotopic (exact) mass is 490 g/mol. The Hall–Kier alpha value is -3.94. The van der Waals surface area contributed by atoms with Crippen LogP contribution in [0.5, 0.6) is 0 Å². The Morgan fingerprint density at radius 3 is 2.36 bits per heavy atom. The molecule has 1 atom stereocenters. The first-order valence-electron chi connectivity index (χ1n) is 12.2. The number of para-hydroxylation sites is 1. The van der Waals surface area contributed by atoms with Gasteiger partial charge in [-0.2, -0.15) is 0 Å². The zero-order chi connectivity index (χ0) is 26.2. The van der Waals surface area contributed by atoms with Gasteiger partial charge in [0, 0.05) is 31.4 Å². The molecule has 1 aliphatic heterocycles. The van der Waals surface area contributed by atoms with Gasteiger partial charge in [-0.15, -0.1) is 0 Å². The normalized spacial score (nSPS) is 14.9. The number of hydrogen-bond donors (Lipinski definition) is 3. The highest BCUT2D eigenvalue weighted by molar-refractivity contribution is 6.00. The minimum absolute atomic E-state index is 0.00545. The Kier molecular flexibility index (Phi) is 9.00. The van der Waals surface area contributed by atoms with Crippen LogP contribution in [0.3, 0.4) is 0 Å². The lowest BCUT2D eigenvalue weighted by Gasteiger charge is -2.28. The summed E-state index contributed by atoms with van der Waals surface area (Å²) in [6, 6.07) is 15.0. The molecule has 0 saturated carbocycles. The van der Waals surface area contributed by atoms with E-state index >= 15 is 0 Å². The fourth-order valence-corrected chi connectivity index (χ4v) is 4.22. The van der Waals surface area contributed by atoms with Gasteiger partial charge in [-0.25, -0.2) is 0 Å². The van der Waals surface area contributed by atoms with Crippen LogP contribution in [-0.4, -0.2) is 36.2 Å². The molecule has 190 valence electrons. The predicted molar refractivity (Wildman–Crippen MR) is 140 cm³/mol. The van der Waals surface area contributed by atoms with Crippen LogP contribution in [-0.2, 0) is 25.7 Å². The van der Waals surface area contributed by atoms with E-state index in [-0.39, 0.29) is 49.4 Å². The third-order valence-corrected chi connectivity index (χ3v) is 6.21. The lowest BCUT2D eigenvalue weighted by atomic mass is 9.96. The summed E-state index contributed by atoms with van der Waals surface area (Å²) in [6.07, 6.45) is 2.18. The quantitative estimate of drug-likeness (QED) is 0.500. The molecule has 0 radical (unpaired) electrons. The largest absolute Gasteiger partial charge is 0.368 e. The second-order valence-corrected chi connectivity index (χ2v) is 9.31. The molecular weight excluding hydrogens is 456 g/mol. The third-order valence-electron chi connectivity index (χ3n) is 6.21. The number of primary amides is 1. The smallest absolute Gasteiger partial charge is 0.240 e. The summed E-state index contributed by atoms with van der Waals surface area (Å²) >= 11 is 0. The molecule has 8 heteroatoms. The van der Waals surface area contributed by atoms with Crippen molar-refractivity contribution in [1.29, 1.82) is 0 Å². The lowest BCUT2D eigenvalue weighted by molar-refractivity contribution is -0.128. The topological polar surface area (TPSA) is 122 Å². The number of nitrogens with zero attached hydrogens (tertiary/aromatic N) is 1. The number of allylic oxidation sites excluding steroid dienone is 1. The summed E-state index contributed by atoms with van der Waals surface area (Å²) in [4.78, 5) is 50.9. The Morgan fingerprint density at radius 2 is 1.64 bits per heavy atom. The van der Waals surface area contributed by atoms with Crippen molar-refractivity contribution in [1.82, 2.24) is 10.6 Å². The lowest BCUT2D eigenvalue weighted by Crippen LogP contribution is -2.48. The molecular formula is C28H34N4O4. The number of nitrogens with one attached hydrogen (secondary N) is 2. The SMILES string of the molecule is C/C1=C/c2ccccc2CN(C(=O)CCC(=O)NCCC(=O)NC(C(N)=O)C(C)C)c2ccccc21. The Balaban J connectivity index is 1.59. The summed E-state index contributed by atoms with van der Waals surface area (Å²) < 4.78 is 0. The maximum absolute atomic E-state index is 13.3. The molecule has 1 aliphatic rings. The predicted octanol–water partition coefficient (Wildman–Crippen LogP) is 3.01. The molecule has 0 bridgehead atoms. The molecule has 0 aliphatic carbocycles. The van der Waals surface area contributed by atoms with Crippen LogP contribution in [0.1, 0.15) is 56.7 Å². The van der Waals surface area contributed by atoms with Gasteiger partial charge in [0.15, 0.2) is 0 Å². The number of amides is 4. The molecule has 4 N–H and O–H groups in total. The molecule has 3 rings (SSSR count). The van der Waals surface area contributed by atoms with Crippen LogP contribution in [0.2, 0.25) is 0 Å². The first-order valence-corrected chi connectivity index (χ1v) is 12.2. The average Bonchev–Trinajstić information content (AvgIpc) is 2.84. The number of fused-ring (bicyclic) bond motifs is 2. The van der Waals surface area contributed by atoms with Crippen LogP contribution < -0.4 is 21.3 Å². The van der Waals surface area contributed by atoms with E-state index in [1.165, 1.54) is 0 Å². The number of nitrogens with two attached hydrogens (primary N) is 1. The van der Waals surface area contributed by atoms with Gasteiger partial charge in [0.1, 0.15) is 6.04 Å². The van der Waals surface area contributed by atoms with Crippen molar-refractivity contribution in [2.45, 2.75) is 52.6 Å². The van der Waals surface area contributed by atoms with E-state index < -0.39 is 11.9 Å². The Morgan fingerprint density at radius 1 is 0.944 bits per heavy atom. The van der Waals surface area contributed by atoms with Gasteiger partial charge in [0.25, 0.3) is 0 Å². The van der Waals surface area contributed by atoms with Crippen LogP contribution >= 0.6 is 0 Å². The maximum atomic E-state index is 13.3. The molecule has 1 unspecified atom stereocenters. The molecule has 2 aromatic carbocycles. The van der Waals surface area contributed by atoms with Crippen LogP contribution in [0.4, 0.5) is 5.69 Å². The van der Waals surface area contributed by atoms with E-state index in [1.807, 2.05) is 55.5 Å². The van der Waals surface area contributed by atoms with Crippen molar-refractivity contribution in [3.8, 4) is 0 Å². The second-order valence-electron chi connectivity index (χ2n) is 9.31. The number of carbonyl (C=O) groups excluding carboxylic acids is 4. The van der Waals surface area contributed by atoms with E-state index in [1.54, 1.807) is 18.7 Å². The molecule has 0 aromatic heterocycles. The Bertz CT molecular complexity index is 1170. The molecule has 4 amide bonds. The molecule has 0 fully saturated rings. The van der Waals surface area contributed by atoms with E-state index in [2.05, 4.69) is 16.7 Å². The number of benzene rings is 2. The van der Waals surface area contributed by atoms with Crippen molar-refractivity contribution >= 4 is 41.0 Å². The molecule has 36 heavy (non-hydrogen) atoms. The minimum Gasteiger partial charge on any atom is -0.368 e. The van der Waals surface area contributed by atoms with Gasteiger partial charge in [-0.1, -0.05) is 62.4 Å². The van der Waals surface area contributed by atoms with Crippen LogP contribution in [0, 0.1) is 5.92 Å². The molecule has 8 nitrogen and oxygen atoms in total. The van der Waals surface area contributed by atoms with E-state index in [9.17, 15) is 19.2 Å². The summed E-state index contributed by atoms with van der Waals surface area (Å²) in [7, 11) is 0. The van der Waals surface area contributed by atoms with Crippen LogP contribution in [0.25, 0.3) is 11.6 Å². The van der Waals surface area contributed by atoms with Gasteiger partial charge >= 0.3 is 0 Å². The third kappa shape index (κ3) is 6.81. The van der Waals surface area contributed by atoms with Gasteiger partial charge in [-0.3, -0.25) is 19.2 Å². The fourth-order valence-electron chi connectivity index (χ4n) is 4.22. The minimum atomic E-state index is -0.755. The highest BCUT2D eigenvalue weighted by Gasteiger charge is 2.24. The highest BCUT2D eigenvalue weighted by Crippen LogP contribution is 2.33. The zero-order valence-electron chi connectivity index (χ0n) is 21.0. The summed E-state index contributed by atoms with van der Waals surface area (Å²) in [6.45, 7) is 6.12. The molecule has 0 saturated heterocycles. The van der Waals surface area contributed by atoms with Crippen molar-refractivity contribution in [2.24, 2.45) is 11.7 Å². The van der Waals surface area contributed by atoms with Gasteiger partial charge in [0.05, 0.1) is 12.2 Å². The summed E-state index contributed by atoms with van der Waals surface area (Å²) in [5.74, 6) is -1.57.